The van der Waals surface area contributed by atoms with Gasteiger partial charge in [0.2, 0.25) is 0 Å². The standard InChI is InChI=1S/C56H51BrN2O10/c57-50-49(54(60)59(55(50)61)37-63-32-39-18-8-2-9-19-39)44-30-58(45-29-47-46(28-43(44)45)64-26-27-65-47)56-53(68-35-42-24-14-5-15-25-42)52(67-34-41-22-12-4-13-23-41)51(66-33-40-20-10-3-11-21-40)48(69-56)36-62-31-38-16-6-1-7-17-38/h1-25,28-30,48,51-53,56H,26-27,31-37H2. The van der Waals surface area contributed by atoms with Crippen LogP contribution in [0.5, 0.6) is 11.5 Å². The summed E-state index contributed by atoms with van der Waals surface area (Å²) in [5.74, 6) is 0.0129. The Hall–Kier alpha value is -6.42. The summed E-state index contributed by atoms with van der Waals surface area (Å²) in [5, 5.41) is 0.630. The molecule has 0 spiro atoms. The average molecular weight is 992 g/mol. The van der Waals surface area contributed by atoms with Crippen LogP contribution >= 0.6 is 15.9 Å². The highest BCUT2D eigenvalue weighted by Gasteiger charge is 2.50. The van der Waals surface area contributed by atoms with Crippen LogP contribution in [0.3, 0.4) is 0 Å². The first-order valence-electron chi connectivity index (χ1n) is 23.0. The molecule has 0 N–H and O–H groups in total. The fourth-order valence-corrected chi connectivity index (χ4v) is 9.51. The van der Waals surface area contributed by atoms with Crippen molar-refractivity contribution in [2.45, 2.75) is 63.7 Å². The van der Waals surface area contributed by atoms with E-state index in [-0.39, 0.29) is 49.8 Å². The zero-order valence-electron chi connectivity index (χ0n) is 37.8. The molecule has 352 valence electrons. The minimum atomic E-state index is -0.910. The maximum atomic E-state index is 14.6. The Morgan fingerprint density at radius 1 is 0.536 bits per heavy atom. The summed E-state index contributed by atoms with van der Waals surface area (Å²) in [4.78, 5) is 29.6. The van der Waals surface area contributed by atoms with Crippen molar-refractivity contribution in [3.8, 4) is 11.5 Å². The quantitative estimate of drug-likeness (QED) is 0.0726. The van der Waals surface area contributed by atoms with Crippen molar-refractivity contribution in [2.75, 3.05) is 26.6 Å². The summed E-state index contributed by atoms with van der Waals surface area (Å²) in [6.45, 7) is 1.90. The number of hydrogen-bond donors (Lipinski definition) is 0. The number of aromatic nitrogens is 1. The number of amides is 2. The second-order valence-corrected chi connectivity index (χ2v) is 17.8. The summed E-state index contributed by atoms with van der Waals surface area (Å²) in [6.07, 6.45) is -2.02. The van der Waals surface area contributed by atoms with E-state index < -0.39 is 42.5 Å². The van der Waals surface area contributed by atoms with Crippen molar-refractivity contribution in [1.29, 1.82) is 0 Å². The molecule has 0 radical (unpaired) electrons. The van der Waals surface area contributed by atoms with Gasteiger partial charge >= 0.3 is 0 Å². The third-order valence-corrected chi connectivity index (χ3v) is 13.1. The maximum Gasteiger partial charge on any atom is 0.270 e. The Bertz CT molecular complexity index is 2860. The number of nitrogens with zero attached hydrogens (tertiary/aromatic N) is 2. The zero-order chi connectivity index (χ0) is 46.9. The molecule has 69 heavy (non-hydrogen) atoms. The number of carbonyl (C=O) groups is 2. The molecule has 1 aromatic heterocycles. The lowest BCUT2D eigenvalue weighted by atomic mass is 9.96. The number of rotatable bonds is 19. The number of benzene rings is 6. The van der Waals surface area contributed by atoms with Crippen LogP contribution in [0.25, 0.3) is 16.5 Å². The van der Waals surface area contributed by atoms with E-state index in [9.17, 15) is 9.59 Å². The summed E-state index contributed by atoms with van der Waals surface area (Å²) in [7, 11) is 0. The van der Waals surface area contributed by atoms with Gasteiger partial charge in [0.15, 0.2) is 17.7 Å². The Morgan fingerprint density at radius 3 is 1.54 bits per heavy atom. The van der Waals surface area contributed by atoms with Gasteiger partial charge in [-0.2, -0.15) is 0 Å². The van der Waals surface area contributed by atoms with Gasteiger partial charge in [0.1, 0.15) is 44.4 Å². The molecule has 0 saturated carbocycles. The third-order valence-electron chi connectivity index (χ3n) is 12.3. The van der Waals surface area contributed by atoms with Crippen LogP contribution in [0, 0.1) is 0 Å². The zero-order valence-corrected chi connectivity index (χ0v) is 39.4. The number of halogens is 1. The predicted molar refractivity (Wildman–Crippen MR) is 262 cm³/mol. The van der Waals surface area contributed by atoms with Crippen molar-refractivity contribution in [1.82, 2.24) is 9.47 Å². The second-order valence-electron chi connectivity index (χ2n) is 17.0. The van der Waals surface area contributed by atoms with Crippen LogP contribution in [-0.2, 0) is 71.0 Å². The van der Waals surface area contributed by atoms with Crippen molar-refractivity contribution in [3.63, 3.8) is 0 Å². The Labute approximate surface area is 409 Å². The molecular formula is C56H51BrN2O10. The topological polar surface area (TPSA) is 116 Å². The Balaban J connectivity index is 1.08. The van der Waals surface area contributed by atoms with E-state index in [4.69, 9.17) is 37.9 Å². The van der Waals surface area contributed by atoms with Gasteiger partial charge in [0.25, 0.3) is 11.8 Å². The van der Waals surface area contributed by atoms with Crippen LogP contribution in [0.1, 0.15) is 39.6 Å². The van der Waals surface area contributed by atoms with Crippen molar-refractivity contribution < 1.29 is 47.5 Å². The summed E-state index contributed by atoms with van der Waals surface area (Å²) in [6, 6.07) is 53.2. The molecule has 0 bridgehead atoms. The molecule has 7 aromatic rings. The summed E-state index contributed by atoms with van der Waals surface area (Å²) < 4.78 is 55.2. The van der Waals surface area contributed by atoms with E-state index in [2.05, 4.69) is 15.9 Å². The molecule has 2 amide bonds. The third kappa shape index (κ3) is 10.6. The average Bonchev–Trinajstić information content (AvgIpc) is 3.85. The van der Waals surface area contributed by atoms with Crippen LogP contribution < -0.4 is 9.47 Å². The van der Waals surface area contributed by atoms with Gasteiger partial charge in [-0.3, -0.25) is 9.59 Å². The smallest absolute Gasteiger partial charge is 0.270 e. The van der Waals surface area contributed by atoms with Crippen molar-refractivity contribution in [3.05, 3.63) is 208 Å². The van der Waals surface area contributed by atoms with Gasteiger partial charge in [0, 0.05) is 23.2 Å². The lowest BCUT2D eigenvalue weighted by Crippen LogP contribution is -2.59. The van der Waals surface area contributed by atoms with E-state index in [1.54, 1.807) is 0 Å². The molecule has 3 aliphatic heterocycles. The van der Waals surface area contributed by atoms with Crippen LogP contribution in [0.4, 0.5) is 0 Å². The monoisotopic (exact) mass is 990 g/mol. The molecule has 4 heterocycles. The first kappa shape index (κ1) is 46.3. The van der Waals surface area contributed by atoms with Gasteiger partial charge in [-0.15, -0.1) is 0 Å². The number of hydrogen-bond acceptors (Lipinski definition) is 10. The van der Waals surface area contributed by atoms with E-state index >= 15 is 0 Å². The number of carbonyl (C=O) groups excluding carboxylic acids is 2. The first-order chi connectivity index (χ1) is 34.0. The molecule has 3 aliphatic rings. The number of fused-ring (bicyclic) bond motifs is 2. The highest BCUT2D eigenvalue weighted by atomic mass is 79.9. The van der Waals surface area contributed by atoms with Crippen LogP contribution in [0.2, 0.25) is 0 Å². The molecule has 10 rings (SSSR count). The molecule has 0 aliphatic carbocycles. The molecule has 6 aromatic carbocycles. The SMILES string of the molecule is O=C1C(Br)=C(c2cn(C3OC(COCc4ccccc4)C(OCc4ccccc4)C(OCc4ccccc4)C3OCc3ccccc3)c3cc4c(cc23)OCCO4)C(=O)N1COCc1ccccc1. The Morgan fingerprint density at radius 2 is 1.00 bits per heavy atom. The van der Waals surface area contributed by atoms with Crippen molar-refractivity contribution in [2.24, 2.45) is 0 Å². The van der Waals surface area contributed by atoms with E-state index in [1.165, 1.54) is 0 Å². The molecule has 1 fully saturated rings. The highest BCUT2D eigenvalue weighted by molar-refractivity contribution is 9.12. The maximum absolute atomic E-state index is 14.6. The molecule has 5 atom stereocenters. The van der Waals surface area contributed by atoms with Gasteiger partial charge < -0.3 is 42.5 Å². The van der Waals surface area contributed by atoms with E-state index in [0.29, 0.717) is 47.8 Å². The molecule has 5 unspecified atom stereocenters. The molecular weight excluding hydrogens is 941 g/mol. The Kier molecular flexibility index (Phi) is 14.7. The highest BCUT2D eigenvalue weighted by Crippen LogP contribution is 2.45. The minimum Gasteiger partial charge on any atom is -0.486 e. The fourth-order valence-electron chi connectivity index (χ4n) is 8.91. The van der Waals surface area contributed by atoms with Gasteiger partial charge in [-0.25, -0.2) is 4.90 Å². The van der Waals surface area contributed by atoms with Gasteiger partial charge in [0.05, 0.1) is 55.2 Å². The number of ether oxygens (including phenoxy) is 8. The molecule has 12 nitrogen and oxygen atoms in total. The van der Waals surface area contributed by atoms with Gasteiger partial charge in [-0.05, 0) is 49.8 Å². The summed E-state index contributed by atoms with van der Waals surface area (Å²) >= 11 is 3.54. The lowest BCUT2D eigenvalue weighted by molar-refractivity contribution is -0.289. The van der Waals surface area contributed by atoms with E-state index in [0.717, 1.165) is 32.7 Å². The molecule has 13 heteroatoms. The predicted octanol–water partition coefficient (Wildman–Crippen LogP) is 9.93. The fraction of sp³-hybridized carbons (Fsp3) is 0.250. The van der Waals surface area contributed by atoms with Crippen LogP contribution in [-0.4, -0.2) is 72.2 Å². The van der Waals surface area contributed by atoms with Crippen molar-refractivity contribution >= 4 is 44.2 Å². The number of imide groups is 1. The minimum absolute atomic E-state index is 0.108. The normalized spacial score (nSPS) is 20.2. The lowest BCUT2D eigenvalue weighted by Gasteiger charge is -2.46. The largest absolute Gasteiger partial charge is 0.486 e. The van der Waals surface area contributed by atoms with E-state index in [1.807, 2.05) is 175 Å². The second kappa shape index (κ2) is 21.9. The first-order valence-corrected chi connectivity index (χ1v) is 23.8. The summed E-state index contributed by atoms with van der Waals surface area (Å²) in [5.41, 5.74) is 6.12. The van der Waals surface area contributed by atoms with Crippen LogP contribution in [0.15, 0.2) is 174 Å². The van der Waals surface area contributed by atoms with Gasteiger partial charge in [-0.1, -0.05) is 152 Å². The molecule has 1 saturated heterocycles.